The van der Waals surface area contributed by atoms with Gasteiger partial charge in [0.2, 0.25) is 0 Å². The zero-order valence-corrected chi connectivity index (χ0v) is 12.2. The molecular weight excluding hydrogens is 274 g/mol. The number of carbonyl (C=O) groups excluding carboxylic acids is 1. The van der Waals surface area contributed by atoms with Crippen molar-refractivity contribution < 1.29 is 9.53 Å². The van der Waals surface area contributed by atoms with E-state index in [0.29, 0.717) is 6.61 Å². The number of esters is 1. The van der Waals surface area contributed by atoms with Gasteiger partial charge in [-0.2, -0.15) is 0 Å². The van der Waals surface area contributed by atoms with Crippen molar-refractivity contribution in [2.24, 2.45) is 5.92 Å². The van der Waals surface area contributed by atoms with Gasteiger partial charge in [-0.1, -0.05) is 30.3 Å². The zero-order chi connectivity index (χ0) is 14.0. The molecule has 20 heavy (non-hydrogen) atoms. The van der Waals surface area contributed by atoms with E-state index < -0.39 is 0 Å². The molecule has 2 fully saturated rings. The van der Waals surface area contributed by atoms with Gasteiger partial charge in [0.05, 0.1) is 5.92 Å². The van der Waals surface area contributed by atoms with Crippen LogP contribution in [0.25, 0.3) is 0 Å². The van der Waals surface area contributed by atoms with Crippen LogP contribution >= 0.6 is 11.6 Å². The normalized spacial score (nSPS) is 32.6. The molecule has 3 nitrogen and oxygen atoms in total. The topological polar surface area (TPSA) is 38.3 Å². The molecule has 2 aliphatic rings. The summed E-state index contributed by atoms with van der Waals surface area (Å²) in [6, 6.07) is 9.81. The predicted molar refractivity (Wildman–Crippen MR) is 78.6 cm³/mol. The van der Waals surface area contributed by atoms with Crippen LogP contribution in [0.5, 0.6) is 0 Å². The van der Waals surface area contributed by atoms with Crippen molar-refractivity contribution in [1.29, 1.82) is 0 Å². The number of hydrogen-bond acceptors (Lipinski definition) is 3. The first-order chi connectivity index (χ1) is 9.67. The molecule has 4 heteroatoms. The fraction of sp³-hybridized carbons (Fsp3) is 0.562. The maximum Gasteiger partial charge on any atom is 0.309 e. The summed E-state index contributed by atoms with van der Waals surface area (Å²) in [7, 11) is 0. The quantitative estimate of drug-likeness (QED) is 0.688. The van der Waals surface area contributed by atoms with Gasteiger partial charge in [-0.25, -0.2) is 0 Å². The molecule has 1 heterocycles. The standard InChI is InChI=1S/C16H20ClNO2/c17-14-9-16(18-10-14)7-6-13(8-16)15(19)20-11-12-4-2-1-3-5-12/h1-5,13-14,18H,6-11H2/t13-,14?,16?/m1/s1. The average molecular weight is 294 g/mol. The Labute approximate surface area is 124 Å². The Balaban J connectivity index is 1.52. The number of benzene rings is 1. The average Bonchev–Trinajstić information content (AvgIpc) is 3.04. The minimum atomic E-state index is -0.0643. The van der Waals surface area contributed by atoms with E-state index in [9.17, 15) is 4.79 Å². The third-order valence-electron chi connectivity index (χ3n) is 4.48. The molecule has 0 radical (unpaired) electrons. The van der Waals surface area contributed by atoms with E-state index in [-0.39, 0.29) is 22.8 Å². The van der Waals surface area contributed by atoms with Crippen LogP contribution in [0.15, 0.2) is 30.3 Å². The second-order valence-electron chi connectivity index (χ2n) is 6.00. The molecule has 0 aromatic heterocycles. The van der Waals surface area contributed by atoms with E-state index in [0.717, 1.165) is 37.8 Å². The SMILES string of the molecule is O=C(OCc1ccccc1)[C@@H]1CCC2(CC(Cl)CN2)C1. The molecule has 3 atom stereocenters. The molecule has 1 aliphatic carbocycles. The Morgan fingerprint density at radius 1 is 1.35 bits per heavy atom. The number of ether oxygens (including phenoxy) is 1. The molecule has 1 N–H and O–H groups in total. The molecular formula is C16H20ClNO2. The fourth-order valence-corrected chi connectivity index (χ4v) is 3.79. The monoisotopic (exact) mass is 293 g/mol. The Morgan fingerprint density at radius 2 is 2.15 bits per heavy atom. The van der Waals surface area contributed by atoms with Crippen molar-refractivity contribution in [3.8, 4) is 0 Å². The smallest absolute Gasteiger partial charge is 0.309 e. The molecule has 1 aromatic carbocycles. The fourth-order valence-electron chi connectivity index (χ4n) is 3.42. The molecule has 1 spiro atoms. The minimum Gasteiger partial charge on any atom is -0.461 e. The van der Waals surface area contributed by atoms with Gasteiger partial charge < -0.3 is 10.1 Å². The third-order valence-corrected chi connectivity index (χ3v) is 4.79. The lowest BCUT2D eigenvalue weighted by molar-refractivity contribution is -0.149. The Hall–Kier alpha value is -1.06. The summed E-state index contributed by atoms with van der Waals surface area (Å²) >= 11 is 6.17. The van der Waals surface area contributed by atoms with Gasteiger partial charge in [0, 0.05) is 17.5 Å². The van der Waals surface area contributed by atoms with Gasteiger partial charge >= 0.3 is 5.97 Å². The number of hydrogen-bond donors (Lipinski definition) is 1. The Kier molecular flexibility index (Phi) is 3.99. The highest BCUT2D eigenvalue weighted by atomic mass is 35.5. The Bertz CT molecular complexity index is 479. The van der Waals surface area contributed by atoms with E-state index in [1.807, 2.05) is 30.3 Å². The molecule has 1 aliphatic heterocycles. The summed E-state index contributed by atoms with van der Waals surface area (Å²) in [5.41, 5.74) is 1.12. The summed E-state index contributed by atoms with van der Waals surface area (Å²) in [6.07, 6.45) is 3.77. The number of rotatable bonds is 3. The number of carbonyl (C=O) groups is 1. The lowest BCUT2D eigenvalue weighted by atomic mass is 9.94. The van der Waals surface area contributed by atoms with Gasteiger partial charge in [0.15, 0.2) is 0 Å². The van der Waals surface area contributed by atoms with Crippen molar-refractivity contribution >= 4 is 17.6 Å². The molecule has 0 bridgehead atoms. The number of nitrogens with one attached hydrogen (secondary N) is 1. The summed E-state index contributed by atoms with van der Waals surface area (Å²) in [4.78, 5) is 12.2. The second-order valence-corrected chi connectivity index (χ2v) is 6.61. The van der Waals surface area contributed by atoms with Crippen LogP contribution < -0.4 is 5.32 Å². The van der Waals surface area contributed by atoms with Crippen LogP contribution in [-0.4, -0.2) is 23.4 Å². The van der Waals surface area contributed by atoms with E-state index >= 15 is 0 Å². The van der Waals surface area contributed by atoms with Crippen molar-refractivity contribution in [3.63, 3.8) is 0 Å². The lowest BCUT2D eigenvalue weighted by Gasteiger charge is -2.23. The summed E-state index contributed by atoms with van der Waals surface area (Å²) in [6.45, 7) is 1.22. The van der Waals surface area contributed by atoms with Crippen molar-refractivity contribution in [2.45, 2.75) is 43.2 Å². The van der Waals surface area contributed by atoms with E-state index in [2.05, 4.69) is 5.32 Å². The summed E-state index contributed by atoms with van der Waals surface area (Å²) in [5.74, 6) is -0.0428. The molecule has 1 saturated carbocycles. The van der Waals surface area contributed by atoms with Gasteiger partial charge in [-0.3, -0.25) is 4.79 Å². The molecule has 3 rings (SSSR count). The molecule has 1 aromatic rings. The second kappa shape index (κ2) is 5.74. The van der Waals surface area contributed by atoms with Crippen molar-refractivity contribution in [1.82, 2.24) is 5.32 Å². The zero-order valence-electron chi connectivity index (χ0n) is 11.5. The molecule has 0 amide bonds. The lowest BCUT2D eigenvalue weighted by Crippen LogP contribution is -2.37. The highest BCUT2D eigenvalue weighted by Crippen LogP contribution is 2.41. The first-order valence-electron chi connectivity index (χ1n) is 7.27. The van der Waals surface area contributed by atoms with Crippen molar-refractivity contribution in [3.05, 3.63) is 35.9 Å². The van der Waals surface area contributed by atoms with Gasteiger partial charge in [-0.15, -0.1) is 11.6 Å². The van der Waals surface area contributed by atoms with E-state index in [1.54, 1.807) is 0 Å². The van der Waals surface area contributed by atoms with E-state index in [1.165, 1.54) is 0 Å². The highest BCUT2D eigenvalue weighted by Gasteiger charge is 2.46. The van der Waals surface area contributed by atoms with E-state index in [4.69, 9.17) is 16.3 Å². The Morgan fingerprint density at radius 3 is 2.85 bits per heavy atom. The number of halogens is 1. The van der Waals surface area contributed by atoms with Crippen LogP contribution in [0.3, 0.4) is 0 Å². The minimum absolute atomic E-state index is 0.0215. The van der Waals surface area contributed by atoms with Crippen LogP contribution in [0.1, 0.15) is 31.2 Å². The largest absolute Gasteiger partial charge is 0.461 e. The third kappa shape index (κ3) is 2.99. The first kappa shape index (κ1) is 13.9. The summed E-state index contributed by atoms with van der Waals surface area (Å²) < 4.78 is 5.44. The maximum atomic E-state index is 12.2. The molecule has 108 valence electrons. The predicted octanol–water partition coefficient (Wildman–Crippen LogP) is 2.87. The maximum absolute atomic E-state index is 12.2. The van der Waals surface area contributed by atoms with Crippen LogP contribution in [0.4, 0.5) is 0 Å². The number of alkyl halides is 1. The van der Waals surface area contributed by atoms with Crippen molar-refractivity contribution in [2.75, 3.05) is 6.54 Å². The van der Waals surface area contributed by atoms with Crippen LogP contribution in [-0.2, 0) is 16.1 Å². The highest BCUT2D eigenvalue weighted by molar-refractivity contribution is 6.21. The van der Waals surface area contributed by atoms with Gasteiger partial charge in [-0.05, 0) is 31.2 Å². The van der Waals surface area contributed by atoms with Gasteiger partial charge in [0.1, 0.15) is 6.61 Å². The summed E-state index contributed by atoms with van der Waals surface area (Å²) in [5, 5.41) is 3.70. The van der Waals surface area contributed by atoms with Crippen LogP contribution in [0.2, 0.25) is 0 Å². The first-order valence-corrected chi connectivity index (χ1v) is 7.70. The van der Waals surface area contributed by atoms with Gasteiger partial charge in [0.25, 0.3) is 0 Å². The molecule has 2 unspecified atom stereocenters. The molecule has 1 saturated heterocycles. The van der Waals surface area contributed by atoms with Crippen LogP contribution in [0, 0.1) is 5.92 Å².